The fourth-order valence-corrected chi connectivity index (χ4v) is 4.19. The van der Waals surface area contributed by atoms with E-state index in [0.29, 0.717) is 42.3 Å². The number of nitrogens with zero attached hydrogens (tertiary/aromatic N) is 2. The molecule has 0 spiro atoms. The number of hydrogen-bond donors (Lipinski definition) is 0. The van der Waals surface area contributed by atoms with Crippen LogP contribution in [-0.2, 0) is 28.7 Å². The summed E-state index contributed by atoms with van der Waals surface area (Å²) in [7, 11) is 1.42. The summed E-state index contributed by atoms with van der Waals surface area (Å²) in [5.41, 5.74) is 1.55. The summed E-state index contributed by atoms with van der Waals surface area (Å²) in [6.07, 6.45) is -2.10. The summed E-state index contributed by atoms with van der Waals surface area (Å²) >= 11 is 0. The van der Waals surface area contributed by atoms with Crippen molar-refractivity contribution in [2.45, 2.75) is 44.9 Å². The quantitative estimate of drug-likeness (QED) is 0.394. The smallest absolute Gasteiger partial charge is 0.416 e. The maximum Gasteiger partial charge on any atom is 0.416 e. The molecule has 4 rings (SSSR count). The van der Waals surface area contributed by atoms with Crippen molar-refractivity contribution in [3.05, 3.63) is 71.1 Å². The number of carbonyl (C=O) groups excluding carboxylic acids is 1. The fourth-order valence-electron chi connectivity index (χ4n) is 4.19. The molecule has 1 fully saturated rings. The minimum atomic E-state index is -4.38. The summed E-state index contributed by atoms with van der Waals surface area (Å²) in [6.45, 7) is 3.68. The lowest BCUT2D eigenvalue weighted by Gasteiger charge is -2.22. The lowest BCUT2D eigenvalue weighted by molar-refractivity contribution is -0.146. The van der Waals surface area contributed by atoms with E-state index < -0.39 is 11.7 Å². The number of esters is 1. The summed E-state index contributed by atoms with van der Waals surface area (Å²) in [4.78, 5) is 18.5. The van der Waals surface area contributed by atoms with Gasteiger partial charge in [0.2, 0.25) is 5.89 Å². The molecule has 1 aromatic heterocycles. The first-order valence-electron chi connectivity index (χ1n) is 11.4. The number of likely N-dealkylation sites (tertiary alicyclic amines) is 1. The molecule has 2 heterocycles. The van der Waals surface area contributed by atoms with E-state index in [2.05, 4.69) is 9.88 Å². The van der Waals surface area contributed by atoms with Crippen molar-refractivity contribution in [1.82, 2.24) is 9.88 Å². The largest absolute Gasteiger partial charge is 0.493 e. The number of alkyl halides is 3. The van der Waals surface area contributed by atoms with E-state index in [4.69, 9.17) is 13.9 Å². The van der Waals surface area contributed by atoms with Gasteiger partial charge in [0, 0.05) is 18.5 Å². The van der Waals surface area contributed by atoms with E-state index in [1.807, 2.05) is 24.3 Å². The van der Waals surface area contributed by atoms with Gasteiger partial charge in [0.25, 0.3) is 0 Å². The van der Waals surface area contributed by atoms with Crippen LogP contribution in [0.25, 0.3) is 11.5 Å². The number of carbonyl (C=O) groups is 1. The molecule has 6 nitrogen and oxygen atoms in total. The third kappa shape index (κ3) is 6.03. The zero-order valence-corrected chi connectivity index (χ0v) is 19.6. The van der Waals surface area contributed by atoms with E-state index in [1.54, 1.807) is 6.92 Å². The molecule has 0 radical (unpaired) electrons. The topological polar surface area (TPSA) is 64.8 Å². The van der Waals surface area contributed by atoms with E-state index in [0.717, 1.165) is 37.1 Å². The zero-order valence-electron chi connectivity index (χ0n) is 19.6. The first kappa shape index (κ1) is 24.8. The van der Waals surface area contributed by atoms with Gasteiger partial charge in [-0.25, -0.2) is 4.98 Å². The van der Waals surface area contributed by atoms with E-state index >= 15 is 0 Å². The van der Waals surface area contributed by atoms with Gasteiger partial charge >= 0.3 is 12.1 Å². The summed E-state index contributed by atoms with van der Waals surface area (Å²) < 4.78 is 54.7. The molecule has 0 bridgehead atoms. The number of rotatable bonds is 8. The number of methoxy groups -OCH3 is 1. The van der Waals surface area contributed by atoms with Crippen LogP contribution in [0.2, 0.25) is 0 Å². The monoisotopic (exact) mass is 488 g/mol. The van der Waals surface area contributed by atoms with Crippen LogP contribution in [0.3, 0.4) is 0 Å². The Labute approximate surface area is 201 Å². The van der Waals surface area contributed by atoms with Gasteiger partial charge in [0.05, 0.1) is 25.0 Å². The molecule has 2 aromatic carbocycles. The molecular formula is C26H27F3N2O4. The van der Waals surface area contributed by atoms with E-state index in [9.17, 15) is 18.0 Å². The second-order valence-electron chi connectivity index (χ2n) is 8.49. The number of halogens is 3. The van der Waals surface area contributed by atoms with Crippen molar-refractivity contribution in [3.8, 4) is 17.2 Å². The van der Waals surface area contributed by atoms with Crippen molar-refractivity contribution in [2.24, 2.45) is 0 Å². The van der Waals surface area contributed by atoms with Crippen LogP contribution in [0.1, 0.15) is 35.4 Å². The number of oxazole rings is 1. The second kappa shape index (κ2) is 10.5. The first-order chi connectivity index (χ1) is 16.7. The molecule has 186 valence electrons. The molecule has 1 unspecified atom stereocenters. The Hall–Kier alpha value is -3.33. The molecular weight excluding hydrogens is 461 g/mol. The third-order valence-electron chi connectivity index (χ3n) is 6.11. The molecule has 0 amide bonds. The van der Waals surface area contributed by atoms with Crippen LogP contribution >= 0.6 is 0 Å². The van der Waals surface area contributed by atoms with Gasteiger partial charge in [-0.05, 0) is 68.3 Å². The van der Waals surface area contributed by atoms with E-state index in [-0.39, 0.29) is 17.9 Å². The Morgan fingerprint density at radius 2 is 1.86 bits per heavy atom. The molecule has 3 aromatic rings. The molecule has 1 aliphatic heterocycles. The Balaban J connectivity index is 1.30. The van der Waals surface area contributed by atoms with Gasteiger partial charge in [-0.1, -0.05) is 12.1 Å². The number of aryl methyl sites for hydroxylation is 1. The number of benzene rings is 2. The highest BCUT2D eigenvalue weighted by Gasteiger charge is 2.31. The van der Waals surface area contributed by atoms with Crippen LogP contribution in [0.4, 0.5) is 13.2 Å². The van der Waals surface area contributed by atoms with Crippen molar-refractivity contribution in [1.29, 1.82) is 0 Å². The average Bonchev–Trinajstić information content (AvgIpc) is 3.46. The SMILES string of the molecule is COC(=O)C1CCCN1Cc1ccc(OCCc2nc(-c3ccc(C(F)(F)F)cc3)oc2C)cc1. The number of ether oxygens (including phenoxy) is 2. The molecule has 35 heavy (non-hydrogen) atoms. The number of aromatic nitrogens is 1. The Morgan fingerprint density at radius 1 is 1.14 bits per heavy atom. The van der Waals surface area contributed by atoms with Gasteiger partial charge in [-0.2, -0.15) is 13.2 Å². The zero-order chi connectivity index (χ0) is 25.0. The summed E-state index contributed by atoms with van der Waals surface area (Å²) in [5, 5.41) is 0. The van der Waals surface area contributed by atoms with Crippen LogP contribution in [0, 0.1) is 6.92 Å². The molecule has 9 heteroatoms. The molecule has 1 atom stereocenters. The molecule has 1 saturated heterocycles. The maximum atomic E-state index is 12.8. The highest BCUT2D eigenvalue weighted by molar-refractivity contribution is 5.76. The molecule has 0 N–H and O–H groups in total. The van der Waals surface area contributed by atoms with Gasteiger partial charge < -0.3 is 13.9 Å². The number of hydrogen-bond acceptors (Lipinski definition) is 6. The summed E-state index contributed by atoms with van der Waals surface area (Å²) in [6, 6.07) is 12.3. The second-order valence-corrected chi connectivity index (χ2v) is 8.49. The molecule has 1 aliphatic rings. The molecule has 0 saturated carbocycles. The Kier molecular flexibility index (Phi) is 7.45. The van der Waals surface area contributed by atoms with Crippen molar-refractivity contribution in [2.75, 3.05) is 20.3 Å². The standard InChI is InChI=1S/C26H27F3N2O4/c1-17-22(30-24(35-17)19-7-9-20(10-8-19)26(27,28)29)13-15-34-21-11-5-18(6-12-21)16-31-14-3-4-23(31)25(32)33-2/h5-12,23H,3-4,13-16H2,1-2H3. The maximum absolute atomic E-state index is 12.8. The fraction of sp³-hybridized carbons (Fsp3) is 0.385. The van der Waals surface area contributed by atoms with Gasteiger partial charge in [0.15, 0.2) is 0 Å². The van der Waals surface area contributed by atoms with Crippen molar-refractivity contribution >= 4 is 5.97 Å². The normalized spacial score (nSPS) is 16.4. The van der Waals surface area contributed by atoms with Crippen molar-refractivity contribution < 1.29 is 31.9 Å². The highest BCUT2D eigenvalue weighted by Crippen LogP contribution is 2.31. The summed E-state index contributed by atoms with van der Waals surface area (Å²) in [5.74, 6) is 1.41. The lowest BCUT2D eigenvalue weighted by Crippen LogP contribution is -2.36. The van der Waals surface area contributed by atoms with Crippen molar-refractivity contribution in [3.63, 3.8) is 0 Å². The lowest BCUT2D eigenvalue weighted by atomic mass is 10.1. The first-order valence-corrected chi connectivity index (χ1v) is 11.4. The van der Waals surface area contributed by atoms with Gasteiger partial charge in [-0.15, -0.1) is 0 Å². The predicted molar refractivity (Wildman–Crippen MR) is 123 cm³/mol. The average molecular weight is 489 g/mol. The Bertz CT molecular complexity index is 1140. The highest BCUT2D eigenvalue weighted by atomic mass is 19.4. The van der Waals surface area contributed by atoms with Gasteiger partial charge in [-0.3, -0.25) is 9.69 Å². The minimum Gasteiger partial charge on any atom is -0.493 e. The third-order valence-corrected chi connectivity index (χ3v) is 6.11. The molecule has 0 aliphatic carbocycles. The van der Waals surface area contributed by atoms with Crippen LogP contribution in [0.5, 0.6) is 5.75 Å². The minimum absolute atomic E-state index is 0.186. The van der Waals surface area contributed by atoms with E-state index in [1.165, 1.54) is 19.2 Å². The van der Waals surface area contributed by atoms with Crippen LogP contribution in [-0.4, -0.2) is 42.2 Å². The van der Waals surface area contributed by atoms with Crippen LogP contribution in [0.15, 0.2) is 52.9 Å². The Morgan fingerprint density at radius 3 is 2.51 bits per heavy atom. The predicted octanol–water partition coefficient (Wildman–Crippen LogP) is 5.43. The van der Waals surface area contributed by atoms with Crippen LogP contribution < -0.4 is 4.74 Å². The van der Waals surface area contributed by atoms with Gasteiger partial charge in [0.1, 0.15) is 17.6 Å².